The molecule has 0 unspecified atom stereocenters. The zero-order valence-corrected chi connectivity index (χ0v) is 13.7. The van der Waals surface area contributed by atoms with Crippen LogP contribution in [-0.2, 0) is 20.9 Å². The van der Waals surface area contributed by atoms with Crippen molar-refractivity contribution >= 4 is 11.9 Å². The van der Waals surface area contributed by atoms with E-state index in [1.165, 1.54) is 31.2 Å². The van der Waals surface area contributed by atoms with Gasteiger partial charge in [0, 0.05) is 6.92 Å². The fraction of sp³-hybridized carbons (Fsp3) is 0.176. The molecule has 0 fully saturated rings. The minimum atomic E-state index is -2.37. The Bertz CT molecular complexity index is 838. The fourth-order valence-electron chi connectivity index (χ4n) is 1.83. The molecule has 0 heterocycles. The van der Waals surface area contributed by atoms with Gasteiger partial charge < -0.3 is 14.2 Å². The predicted molar refractivity (Wildman–Crippen MR) is 79.3 cm³/mol. The molecule has 0 spiro atoms. The summed E-state index contributed by atoms with van der Waals surface area (Å²) in [4.78, 5) is 22.3. The molecule has 0 saturated carbocycles. The van der Waals surface area contributed by atoms with Gasteiger partial charge >= 0.3 is 11.9 Å². The lowest BCUT2D eigenvalue weighted by Crippen LogP contribution is -2.20. The van der Waals surface area contributed by atoms with Crippen LogP contribution in [0.4, 0.5) is 22.0 Å². The lowest BCUT2D eigenvalue weighted by atomic mass is 10.2. The maximum absolute atomic E-state index is 13.4. The molecule has 0 saturated heterocycles. The standard InChI is InChI=1S/C17H11F5O5/c1-8(23)25-6-9-2-4-10(5-3-9)26-7-11(24)27-17-15(21)13(19)12(18)14(20)16(17)22/h2-5H,6-7H2,1H3. The first-order chi connectivity index (χ1) is 12.7. The van der Waals surface area contributed by atoms with Gasteiger partial charge in [-0.3, -0.25) is 4.79 Å². The largest absolute Gasteiger partial charge is 0.482 e. The van der Waals surface area contributed by atoms with E-state index in [2.05, 4.69) is 4.74 Å². The molecule has 144 valence electrons. The summed E-state index contributed by atoms with van der Waals surface area (Å²) in [5, 5.41) is 0. The van der Waals surface area contributed by atoms with Crippen LogP contribution in [0.15, 0.2) is 24.3 Å². The van der Waals surface area contributed by atoms with Crippen molar-refractivity contribution in [2.24, 2.45) is 0 Å². The molecule has 10 heteroatoms. The third-order valence-electron chi connectivity index (χ3n) is 3.11. The molecule has 0 aliphatic carbocycles. The molecule has 0 radical (unpaired) electrons. The second kappa shape index (κ2) is 8.47. The van der Waals surface area contributed by atoms with Gasteiger partial charge in [-0.15, -0.1) is 0 Å². The number of ether oxygens (including phenoxy) is 3. The van der Waals surface area contributed by atoms with Crippen LogP contribution in [0.25, 0.3) is 0 Å². The number of esters is 2. The van der Waals surface area contributed by atoms with E-state index in [9.17, 15) is 31.5 Å². The van der Waals surface area contributed by atoms with E-state index in [0.717, 1.165) is 0 Å². The van der Waals surface area contributed by atoms with E-state index in [1.807, 2.05) is 0 Å². The number of halogens is 5. The van der Waals surface area contributed by atoms with Crippen LogP contribution in [0.5, 0.6) is 11.5 Å². The minimum absolute atomic E-state index is 0.0257. The van der Waals surface area contributed by atoms with Crippen molar-refractivity contribution in [1.29, 1.82) is 0 Å². The van der Waals surface area contributed by atoms with Crippen molar-refractivity contribution < 1.29 is 45.8 Å². The highest BCUT2D eigenvalue weighted by Crippen LogP contribution is 2.29. The van der Waals surface area contributed by atoms with E-state index >= 15 is 0 Å². The third kappa shape index (κ3) is 4.93. The summed E-state index contributed by atoms with van der Waals surface area (Å²) >= 11 is 0. The SMILES string of the molecule is CC(=O)OCc1ccc(OCC(=O)Oc2c(F)c(F)c(F)c(F)c2F)cc1. The second-order valence-corrected chi connectivity index (χ2v) is 5.09. The Morgan fingerprint density at radius 1 is 0.852 bits per heavy atom. The second-order valence-electron chi connectivity index (χ2n) is 5.09. The highest BCUT2D eigenvalue weighted by molar-refractivity contribution is 5.74. The van der Waals surface area contributed by atoms with Gasteiger partial charge in [-0.25, -0.2) is 18.0 Å². The number of rotatable bonds is 6. The van der Waals surface area contributed by atoms with Gasteiger partial charge in [-0.05, 0) is 17.7 Å². The molecular weight excluding hydrogens is 379 g/mol. The van der Waals surface area contributed by atoms with Gasteiger partial charge in [0.15, 0.2) is 6.61 Å². The van der Waals surface area contributed by atoms with Gasteiger partial charge in [0.25, 0.3) is 0 Å². The molecule has 0 aliphatic heterocycles. The molecule has 0 amide bonds. The Labute approximate surface area is 149 Å². The summed E-state index contributed by atoms with van der Waals surface area (Å²) in [5.74, 6) is -14.8. The number of hydrogen-bond donors (Lipinski definition) is 0. The fourth-order valence-corrected chi connectivity index (χ4v) is 1.83. The average Bonchev–Trinajstić information content (AvgIpc) is 2.65. The molecule has 2 aromatic carbocycles. The zero-order chi connectivity index (χ0) is 20.1. The van der Waals surface area contributed by atoms with Gasteiger partial charge in [-0.2, -0.15) is 8.78 Å². The Morgan fingerprint density at radius 2 is 1.37 bits per heavy atom. The predicted octanol–water partition coefficient (Wildman–Crippen LogP) is 3.43. The molecule has 2 aromatic rings. The Kier molecular flexibility index (Phi) is 6.32. The Balaban J connectivity index is 1.98. The van der Waals surface area contributed by atoms with Crippen LogP contribution in [-0.4, -0.2) is 18.5 Å². The van der Waals surface area contributed by atoms with Gasteiger partial charge in [-0.1, -0.05) is 12.1 Å². The van der Waals surface area contributed by atoms with Gasteiger partial charge in [0.05, 0.1) is 0 Å². The molecular formula is C17H11F5O5. The zero-order valence-electron chi connectivity index (χ0n) is 13.7. The van der Waals surface area contributed by atoms with E-state index in [-0.39, 0.29) is 12.4 Å². The van der Waals surface area contributed by atoms with Crippen LogP contribution < -0.4 is 9.47 Å². The summed E-state index contributed by atoms with van der Waals surface area (Å²) in [6.07, 6.45) is 0. The molecule has 0 atom stereocenters. The maximum atomic E-state index is 13.4. The minimum Gasteiger partial charge on any atom is -0.482 e. The first kappa shape index (κ1) is 20.1. The lowest BCUT2D eigenvalue weighted by molar-refractivity contribution is -0.142. The first-order valence-corrected chi connectivity index (χ1v) is 7.28. The topological polar surface area (TPSA) is 61.8 Å². The van der Waals surface area contributed by atoms with E-state index in [4.69, 9.17) is 9.47 Å². The lowest BCUT2D eigenvalue weighted by Gasteiger charge is -2.10. The van der Waals surface area contributed by atoms with Crippen molar-refractivity contribution in [2.45, 2.75) is 13.5 Å². The number of carbonyl (C=O) groups excluding carboxylic acids is 2. The Morgan fingerprint density at radius 3 is 1.89 bits per heavy atom. The highest BCUT2D eigenvalue weighted by Gasteiger charge is 2.28. The normalized spacial score (nSPS) is 10.4. The maximum Gasteiger partial charge on any atom is 0.349 e. The quantitative estimate of drug-likeness (QED) is 0.249. The number of hydrogen-bond acceptors (Lipinski definition) is 5. The number of carbonyl (C=O) groups is 2. The summed E-state index contributed by atoms with van der Waals surface area (Å²) in [7, 11) is 0. The molecule has 0 N–H and O–H groups in total. The van der Waals surface area contributed by atoms with Crippen molar-refractivity contribution in [2.75, 3.05) is 6.61 Å². The average molecular weight is 390 g/mol. The summed E-state index contributed by atoms with van der Waals surface area (Å²) in [6.45, 7) is 0.411. The van der Waals surface area contributed by atoms with E-state index in [0.29, 0.717) is 5.56 Å². The monoisotopic (exact) mass is 390 g/mol. The van der Waals surface area contributed by atoms with E-state index < -0.39 is 53.4 Å². The molecule has 2 rings (SSSR count). The summed E-state index contributed by atoms with van der Waals surface area (Å²) < 4.78 is 79.8. The van der Waals surface area contributed by atoms with Crippen molar-refractivity contribution in [3.05, 3.63) is 58.9 Å². The van der Waals surface area contributed by atoms with Gasteiger partial charge in [0.1, 0.15) is 12.4 Å². The van der Waals surface area contributed by atoms with Crippen molar-refractivity contribution in [3.8, 4) is 11.5 Å². The smallest absolute Gasteiger partial charge is 0.349 e. The molecule has 0 bridgehead atoms. The van der Waals surface area contributed by atoms with Gasteiger partial charge in [0.2, 0.25) is 34.8 Å². The van der Waals surface area contributed by atoms with Crippen LogP contribution in [0.3, 0.4) is 0 Å². The van der Waals surface area contributed by atoms with Crippen LogP contribution in [0, 0.1) is 29.1 Å². The Hall–Kier alpha value is -3.17. The number of benzene rings is 2. The van der Waals surface area contributed by atoms with Crippen molar-refractivity contribution in [3.63, 3.8) is 0 Å². The highest BCUT2D eigenvalue weighted by atomic mass is 19.2. The summed E-state index contributed by atoms with van der Waals surface area (Å²) in [6, 6.07) is 5.86. The summed E-state index contributed by atoms with van der Waals surface area (Å²) in [5.41, 5.74) is 0.626. The van der Waals surface area contributed by atoms with Crippen LogP contribution >= 0.6 is 0 Å². The van der Waals surface area contributed by atoms with Crippen molar-refractivity contribution in [1.82, 2.24) is 0 Å². The van der Waals surface area contributed by atoms with E-state index in [1.54, 1.807) is 0 Å². The van der Waals surface area contributed by atoms with Crippen LogP contribution in [0.1, 0.15) is 12.5 Å². The first-order valence-electron chi connectivity index (χ1n) is 7.28. The molecule has 0 aliphatic rings. The van der Waals surface area contributed by atoms with Crippen LogP contribution in [0.2, 0.25) is 0 Å². The third-order valence-corrected chi connectivity index (χ3v) is 3.11. The molecule has 27 heavy (non-hydrogen) atoms. The molecule has 5 nitrogen and oxygen atoms in total. The molecule has 0 aromatic heterocycles.